The number of allylic oxidation sites excluding steroid dienone is 8. The topological polar surface area (TPSA) is 34.1 Å². The van der Waals surface area contributed by atoms with Crippen LogP contribution in [-0.2, 0) is 9.59 Å². The Hall–Kier alpha value is -1.70. The second-order valence-corrected chi connectivity index (χ2v) is 4.42. The average Bonchev–Trinajstić information content (AvgIpc) is 2.34. The van der Waals surface area contributed by atoms with Crippen molar-refractivity contribution in [3.05, 3.63) is 47.6 Å². The first kappa shape index (κ1) is 11.8. The molecule has 0 aromatic rings. The summed E-state index contributed by atoms with van der Waals surface area (Å²) in [5.74, 6) is 0.371. The standard InChI is InChI=1S/C15H16O2/c16-14-8-4-12(5-9-14)2-1-3-13-6-10-15(17)11-7-13/h4-8,10H,1-3,9,11H2. The van der Waals surface area contributed by atoms with Crippen molar-refractivity contribution < 1.29 is 9.59 Å². The summed E-state index contributed by atoms with van der Waals surface area (Å²) < 4.78 is 0. The van der Waals surface area contributed by atoms with Crippen LogP contribution in [-0.4, -0.2) is 11.6 Å². The van der Waals surface area contributed by atoms with Crippen LogP contribution in [0.3, 0.4) is 0 Å². The molecule has 2 aliphatic carbocycles. The van der Waals surface area contributed by atoms with Gasteiger partial charge in [-0.05, 0) is 31.4 Å². The van der Waals surface area contributed by atoms with E-state index in [-0.39, 0.29) is 11.6 Å². The predicted molar refractivity (Wildman–Crippen MR) is 67.5 cm³/mol. The van der Waals surface area contributed by atoms with E-state index in [0.29, 0.717) is 12.8 Å². The van der Waals surface area contributed by atoms with Gasteiger partial charge in [-0.3, -0.25) is 9.59 Å². The Morgan fingerprint density at radius 2 is 1.24 bits per heavy atom. The second-order valence-electron chi connectivity index (χ2n) is 4.42. The van der Waals surface area contributed by atoms with Crippen LogP contribution in [0.2, 0.25) is 0 Å². The van der Waals surface area contributed by atoms with Crippen LogP contribution in [0.15, 0.2) is 47.6 Å². The van der Waals surface area contributed by atoms with Crippen molar-refractivity contribution >= 4 is 11.6 Å². The van der Waals surface area contributed by atoms with Gasteiger partial charge in [-0.15, -0.1) is 0 Å². The highest BCUT2D eigenvalue weighted by Gasteiger charge is 2.05. The molecule has 0 N–H and O–H groups in total. The first-order valence-corrected chi connectivity index (χ1v) is 6.04. The van der Waals surface area contributed by atoms with Gasteiger partial charge in [0, 0.05) is 12.8 Å². The lowest BCUT2D eigenvalue weighted by molar-refractivity contribution is -0.114. The van der Waals surface area contributed by atoms with Crippen molar-refractivity contribution in [2.75, 3.05) is 0 Å². The van der Waals surface area contributed by atoms with E-state index >= 15 is 0 Å². The summed E-state index contributed by atoms with van der Waals surface area (Å²) in [7, 11) is 0. The minimum atomic E-state index is 0.185. The van der Waals surface area contributed by atoms with Crippen LogP contribution in [0, 0.1) is 0 Å². The molecule has 0 radical (unpaired) electrons. The van der Waals surface area contributed by atoms with Crippen LogP contribution in [0.5, 0.6) is 0 Å². The number of hydrogen-bond donors (Lipinski definition) is 0. The average molecular weight is 228 g/mol. The number of carbonyl (C=O) groups excluding carboxylic acids is 2. The van der Waals surface area contributed by atoms with Gasteiger partial charge in [0.15, 0.2) is 11.6 Å². The Morgan fingerprint density at radius 1 is 0.765 bits per heavy atom. The van der Waals surface area contributed by atoms with Gasteiger partial charge in [0.25, 0.3) is 0 Å². The fourth-order valence-electron chi connectivity index (χ4n) is 2.00. The summed E-state index contributed by atoms with van der Waals surface area (Å²) in [5.41, 5.74) is 2.50. The van der Waals surface area contributed by atoms with Crippen molar-refractivity contribution in [2.45, 2.75) is 32.1 Å². The second kappa shape index (κ2) is 5.58. The fraction of sp³-hybridized carbons (Fsp3) is 0.333. The Kier molecular flexibility index (Phi) is 3.86. The first-order chi connectivity index (χ1) is 8.24. The van der Waals surface area contributed by atoms with Crippen molar-refractivity contribution in [2.24, 2.45) is 0 Å². The quantitative estimate of drug-likeness (QED) is 0.741. The SMILES string of the molecule is O=C1C=CC(CCCC2=CCC(=O)C=C2)=CC1. The summed E-state index contributed by atoms with van der Waals surface area (Å²) in [6, 6.07) is 0. The van der Waals surface area contributed by atoms with Crippen molar-refractivity contribution in [3.8, 4) is 0 Å². The third-order valence-corrected chi connectivity index (χ3v) is 3.03. The zero-order valence-electron chi connectivity index (χ0n) is 9.82. The molecule has 2 aliphatic rings. The highest BCUT2D eigenvalue weighted by Crippen LogP contribution is 2.19. The lowest BCUT2D eigenvalue weighted by Crippen LogP contribution is -1.98. The van der Waals surface area contributed by atoms with E-state index < -0.39 is 0 Å². The van der Waals surface area contributed by atoms with Gasteiger partial charge in [0.1, 0.15) is 0 Å². The largest absolute Gasteiger partial charge is 0.295 e. The van der Waals surface area contributed by atoms with E-state index in [1.54, 1.807) is 12.2 Å². The maximum atomic E-state index is 11.0. The fourth-order valence-corrected chi connectivity index (χ4v) is 2.00. The van der Waals surface area contributed by atoms with Crippen LogP contribution in [0.4, 0.5) is 0 Å². The Morgan fingerprint density at radius 3 is 1.59 bits per heavy atom. The number of carbonyl (C=O) groups is 2. The Labute approximate surface area is 101 Å². The van der Waals surface area contributed by atoms with Crippen molar-refractivity contribution in [1.82, 2.24) is 0 Å². The van der Waals surface area contributed by atoms with Crippen molar-refractivity contribution in [3.63, 3.8) is 0 Å². The summed E-state index contributed by atoms with van der Waals surface area (Å²) in [5, 5.41) is 0. The molecule has 0 saturated heterocycles. The highest BCUT2D eigenvalue weighted by atomic mass is 16.1. The minimum absolute atomic E-state index is 0.185. The van der Waals surface area contributed by atoms with E-state index in [9.17, 15) is 9.59 Å². The molecule has 2 nitrogen and oxygen atoms in total. The minimum Gasteiger partial charge on any atom is -0.295 e. The van der Waals surface area contributed by atoms with Crippen LogP contribution in [0.25, 0.3) is 0 Å². The Balaban J connectivity index is 1.74. The third-order valence-electron chi connectivity index (χ3n) is 3.03. The Bertz CT molecular complexity index is 406. The maximum Gasteiger partial charge on any atom is 0.159 e. The van der Waals surface area contributed by atoms with E-state index in [1.165, 1.54) is 11.1 Å². The molecule has 2 rings (SSSR count). The van der Waals surface area contributed by atoms with E-state index in [0.717, 1.165) is 19.3 Å². The van der Waals surface area contributed by atoms with E-state index in [1.807, 2.05) is 24.3 Å². The molecule has 0 aromatic heterocycles. The van der Waals surface area contributed by atoms with Gasteiger partial charge in [-0.1, -0.05) is 35.5 Å². The summed E-state index contributed by atoms with van der Waals surface area (Å²) in [6.07, 6.45) is 15.3. The molecule has 0 aromatic carbocycles. The molecule has 2 heteroatoms. The third kappa shape index (κ3) is 3.66. The summed E-state index contributed by atoms with van der Waals surface area (Å²) in [6.45, 7) is 0. The van der Waals surface area contributed by atoms with Gasteiger partial charge in [-0.25, -0.2) is 0 Å². The zero-order valence-corrected chi connectivity index (χ0v) is 9.82. The zero-order chi connectivity index (χ0) is 12.1. The van der Waals surface area contributed by atoms with Gasteiger partial charge in [0.2, 0.25) is 0 Å². The monoisotopic (exact) mass is 228 g/mol. The normalized spacial score (nSPS) is 19.3. The number of ketones is 2. The van der Waals surface area contributed by atoms with Crippen LogP contribution < -0.4 is 0 Å². The molecule has 88 valence electrons. The molecule has 0 fully saturated rings. The number of hydrogen-bond acceptors (Lipinski definition) is 2. The molecular formula is C15H16O2. The molecule has 0 bridgehead atoms. The maximum absolute atomic E-state index is 11.0. The molecule has 0 unspecified atom stereocenters. The summed E-state index contributed by atoms with van der Waals surface area (Å²) >= 11 is 0. The molecule has 0 spiro atoms. The molecule has 0 atom stereocenters. The first-order valence-electron chi connectivity index (χ1n) is 6.04. The van der Waals surface area contributed by atoms with Gasteiger partial charge in [-0.2, -0.15) is 0 Å². The van der Waals surface area contributed by atoms with Gasteiger partial charge in [0.05, 0.1) is 0 Å². The van der Waals surface area contributed by atoms with Crippen LogP contribution >= 0.6 is 0 Å². The van der Waals surface area contributed by atoms with Gasteiger partial charge >= 0.3 is 0 Å². The van der Waals surface area contributed by atoms with Crippen LogP contribution in [0.1, 0.15) is 32.1 Å². The summed E-state index contributed by atoms with van der Waals surface area (Å²) in [4.78, 5) is 22.0. The lowest BCUT2D eigenvalue weighted by Gasteiger charge is -2.08. The molecule has 0 amide bonds. The van der Waals surface area contributed by atoms with Crippen molar-refractivity contribution in [1.29, 1.82) is 0 Å². The molecule has 0 saturated carbocycles. The molecule has 17 heavy (non-hydrogen) atoms. The van der Waals surface area contributed by atoms with Gasteiger partial charge < -0.3 is 0 Å². The van der Waals surface area contributed by atoms with E-state index in [2.05, 4.69) is 0 Å². The predicted octanol–water partition coefficient (Wildman–Crippen LogP) is 3.07. The number of rotatable bonds is 4. The molecule has 0 heterocycles. The molecular weight excluding hydrogens is 212 g/mol. The highest BCUT2D eigenvalue weighted by molar-refractivity contribution is 5.93. The smallest absolute Gasteiger partial charge is 0.159 e. The molecule has 0 aliphatic heterocycles. The van der Waals surface area contributed by atoms with E-state index in [4.69, 9.17) is 0 Å². The lowest BCUT2D eigenvalue weighted by atomic mass is 9.97.